The lowest BCUT2D eigenvalue weighted by molar-refractivity contribution is -0.123. The minimum absolute atomic E-state index is 0.136. The Morgan fingerprint density at radius 2 is 1.76 bits per heavy atom. The number of amides is 3. The van der Waals surface area contributed by atoms with Gasteiger partial charge in [0.25, 0.3) is 0 Å². The Morgan fingerprint density at radius 1 is 1.06 bits per heavy atom. The van der Waals surface area contributed by atoms with E-state index in [9.17, 15) is 22.4 Å². The molecule has 0 bridgehead atoms. The highest BCUT2D eigenvalue weighted by atomic mass is 32.2. The second-order valence-corrected chi connectivity index (χ2v) is 10.00. The van der Waals surface area contributed by atoms with Gasteiger partial charge in [0.05, 0.1) is 0 Å². The van der Waals surface area contributed by atoms with E-state index < -0.39 is 32.7 Å². The van der Waals surface area contributed by atoms with E-state index in [1.54, 1.807) is 43.0 Å². The topological polar surface area (TPSA) is 108 Å². The lowest BCUT2D eigenvalue weighted by atomic mass is 10.0. The molecule has 10 heteroatoms. The molecular formula is C23H29FN4O4S. The van der Waals surface area contributed by atoms with Crippen molar-refractivity contribution in [3.05, 3.63) is 59.9 Å². The summed E-state index contributed by atoms with van der Waals surface area (Å²) in [6.45, 7) is 5.00. The maximum atomic E-state index is 14.0. The van der Waals surface area contributed by atoms with Crippen molar-refractivity contribution in [3.8, 4) is 0 Å². The smallest absolute Gasteiger partial charge is 0.321 e. The summed E-state index contributed by atoms with van der Waals surface area (Å²) < 4.78 is 41.5. The zero-order valence-corrected chi connectivity index (χ0v) is 19.5. The second kappa shape index (κ2) is 10.8. The summed E-state index contributed by atoms with van der Waals surface area (Å²) in [4.78, 5) is 26.3. The minimum Gasteiger partial charge on any atom is -0.351 e. The first kappa shape index (κ1) is 24.7. The third-order valence-corrected chi connectivity index (χ3v) is 6.87. The molecule has 0 radical (unpaired) electrons. The maximum absolute atomic E-state index is 14.0. The van der Waals surface area contributed by atoms with E-state index in [1.807, 2.05) is 0 Å². The van der Waals surface area contributed by atoms with Gasteiger partial charge in [0.2, 0.25) is 15.9 Å². The van der Waals surface area contributed by atoms with Crippen LogP contribution in [-0.2, 0) is 21.4 Å². The fourth-order valence-corrected chi connectivity index (χ4v) is 4.99. The van der Waals surface area contributed by atoms with Gasteiger partial charge in [-0.15, -0.1) is 0 Å². The first-order valence-corrected chi connectivity index (χ1v) is 12.3. The number of rotatable bonds is 8. The number of nitrogens with one attached hydrogen (secondary N) is 3. The molecule has 0 spiro atoms. The largest absolute Gasteiger partial charge is 0.351 e. The number of likely N-dealkylation sites (tertiary alicyclic amines) is 1. The number of anilines is 1. The molecule has 1 atom stereocenters. The molecule has 2 aromatic carbocycles. The van der Waals surface area contributed by atoms with Crippen molar-refractivity contribution in [3.63, 3.8) is 0 Å². The first-order valence-electron chi connectivity index (χ1n) is 10.9. The molecule has 1 saturated heterocycles. The zero-order valence-electron chi connectivity index (χ0n) is 18.7. The monoisotopic (exact) mass is 476 g/mol. The third-order valence-electron chi connectivity index (χ3n) is 5.40. The molecule has 0 unspecified atom stereocenters. The summed E-state index contributed by atoms with van der Waals surface area (Å²) in [6, 6.07) is 10.8. The van der Waals surface area contributed by atoms with Crippen LogP contribution in [0.25, 0.3) is 0 Å². The molecule has 3 rings (SSSR count). The number of hydrogen-bond donors (Lipinski definition) is 3. The highest BCUT2D eigenvalue weighted by Crippen LogP contribution is 2.17. The number of benzene rings is 2. The Morgan fingerprint density at radius 3 is 2.42 bits per heavy atom. The van der Waals surface area contributed by atoms with E-state index in [-0.39, 0.29) is 18.5 Å². The summed E-state index contributed by atoms with van der Waals surface area (Å²) in [5.74, 6) is -1.80. The number of hydrogen-bond acceptors (Lipinski definition) is 4. The summed E-state index contributed by atoms with van der Waals surface area (Å²) in [5.41, 5.74) is 1.35. The van der Waals surface area contributed by atoms with E-state index >= 15 is 0 Å². The Bertz CT molecular complexity index is 1100. The van der Waals surface area contributed by atoms with Crippen LogP contribution in [0.3, 0.4) is 0 Å². The van der Waals surface area contributed by atoms with Crippen LogP contribution in [-0.4, -0.2) is 44.4 Å². The van der Waals surface area contributed by atoms with E-state index in [4.69, 9.17) is 0 Å². The molecule has 2 aromatic rings. The number of carbonyl (C=O) groups is 2. The van der Waals surface area contributed by atoms with Crippen molar-refractivity contribution in [1.82, 2.24) is 14.9 Å². The van der Waals surface area contributed by atoms with Crippen molar-refractivity contribution in [2.45, 2.75) is 44.2 Å². The Hall–Kier alpha value is -2.98. The molecule has 8 nitrogen and oxygen atoms in total. The fourth-order valence-electron chi connectivity index (χ4n) is 3.57. The van der Waals surface area contributed by atoms with Gasteiger partial charge in [-0.2, -0.15) is 4.72 Å². The minimum atomic E-state index is -4.23. The third kappa shape index (κ3) is 6.52. The van der Waals surface area contributed by atoms with E-state index in [1.165, 1.54) is 12.1 Å². The van der Waals surface area contributed by atoms with Gasteiger partial charge in [-0.25, -0.2) is 17.6 Å². The Labute approximate surface area is 193 Å². The van der Waals surface area contributed by atoms with Crippen molar-refractivity contribution in [2.24, 2.45) is 5.92 Å². The number of halogens is 1. The molecule has 33 heavy (non-hydrogen) atoms. The standard InChI is InChI=1S/C23H29FN4O4S/c1-16(2)21(27-33(31,32)20-11-4-3-10-19(20)24)22(29)25-15-17-8-7-9-18(14-17)26-23(30)28-12-5-6-13-28/h3-4,7-11,14,16,21,27H,5-6,12-13,15H2,1-2H3,(H,25,29)(H,26,30)/t21-/m0/s1. The number of nitrogens with zero attached hydrogens (tertiary/aromatic N) is 1. The molecule has 3 amide bonds. The number of urea groups is 1. The summed E-state index contributed by atoms with van der Waals surface area (Å²) >= 11 is 0. The number of carbonyl (C=O) groups excluding carboxylic acids is 2. The van der Waals surface area contributed by atoms with Gasteiger partial charge in [0.1, 0.15) is 16.8 Å². The van der Waals surface area contributed by atoms with Crippen molar-refractivity contribution >= 4 is 27.6 Å². The summed E-state index contributed by atoms with van der Waals surface area (Å²) in [7, 11) is -4.23. The van der Waals surface area contributed by atoms with Crippen LogP contribution in [0, 0.1) is 11.7 Å². The molecule has 0 aromatic heterocycles. The van der Waals surface area contributed by atoms with Crippen LogP contribution >= 0.6 is 0 Å². The fraction of sp³-hybridized carbons (Fsp3) is 0.391. The van der Waals surface area contributed by atoms with E-state index in [0.29, 0.717) is 5.69 Å². The van der Waals surface area contributed by atoms with Crippen LogP contribution < -0.4 is 15.4 Å². The molecule has 0 saturated carbocycles. The quantitative estimate of drug-likeness (QED) is 0.544. The molecule has 3 N–H and O–H groups in total. The van der Waals surface area contributed by atoms with Gasteiger partial charge in [-0.1, -0.05) is 38.1 Å². The molecular weight excluding hydrogens is 447 g/mol. The van der Waals surface area contributed by atoms with Crippen molar-refractivity contribution in [2.75, 3.05) is 18.4 Å². The van der Waals surface area contributed by atoms with Gasteiger partial charge in [-0.3, -0.25) is 4.79 Å². The molecule has 1 heterocycles. The van der Waals surface area contributed by atoms with Crippen LogP contribution in [0.15, 0.2) is 53.4 Å². The highest BCUT2D eigenvalue weighted by molar-refractivity contribution is 7.89. The summed E-state index contributed by atoms with van der Waals surface area (Å²) in [5, 5.41) is 5.58. The number of sulfonamides is 1. The van der Waals surface area contributed by atoms with Gasteiger partial charge in [0, 0.05) is 25.3 Å². The average Bonchev–Trinajstić information content (AvgIpc) is 3.31. The SMILES string of the molecule is CC(C)[C@H](NS(=O)(=O)c1ccccc1F)C(=O)NCc1cccc(NC(=O)N2CCCC2)c1. The maximum Gasteiger partial charge on any atom is 0.321 e. The molecule has 0 aliphatic carbocycles. The van der Waals surface area contributed by atoms with Gasteiger partial charge in [-0.05, 0) is 48.6 Å². The predicted octanol–water partition coefficient (Wildman–Crippen LogP) is 3.07. The van der Waals surface area contributed by atoms with Gasteiger partial charge >= 0.3 is 6.03 Å². The molecule has 1 aliphatic rings. The van der Waals surface area contributed by atoms with Crippen molar-refractivity contribution < 1.29 is 22.4 Å². The lowest BCUT2D eigenvalue weighted by Gasteiger charge is -2.22. The molecule has 1 aliphatic heterocycles. The highest BCUT2D eigenvalue weighted by Gasteiger charge is 2.29. The van der Waals surface area contributed by atoms with Gasteiger partial charge in [0.15, 0.2) is 0 Å². The van der Waals surface area contributed by atoms with E-state index in [0.717, 1.165) is 43.6 Å². The van der Waals surface area contributed by atoms with E-state index in [2.05, 4.69) is 15.4 Å². The Balaban J connectivity index is 1.63. The molecule has 1 fully saturated rings. The van der Waals surface area contributed by atoms with Crippen LogP contribution in [0.4, 0.5) is 14.9 Å². The van der Waals surface area contributed by atoms with Crippen LogP contribution in [0.1, 0.15) is 32.3 Å². The predicted molar refractivity (Wildman–Crippen MR) is 123 cm³/mol. The summed E-state index contributed by atoms with van der Waals surface area (Å²) in [6.07, 6.45) is 1.99. The average molecular weight is 477 g/mol. The Kier molecular flexibility index (Phi) is 8.04. The first-order chi connectivity index (χ1) is 15.7. The lowest BCUT2D eigenvalue weighted by Crippen LogP contribution is -2.49. The second-order valence-electron chi connectivity index (χ2n) is 8.32. The van der Waals surface area contributed by atoms with Crippen LogP contribution in [0.5, 0.6) is 0 Å². The van der Waals surface area contributed by atoms with Gasteiger partial charge < -0.3 is 15.5 Å². The van der Waals surface area contributed by atoms with Crippen LogP contribution in [0.2, 0.25) is 0 Å². The molecule has 178 valence electrons. The zero-order chi connectivity index (χ0) is 24.0. The normalized spacial score (nSPS) is 14.8. The van der Waals surface area contributed by atoms with Crippen molar-refractivity contribution in [1.29, 1.82) is 0 Å².